The highest BCUT2D eigenvalue weighted by Gasteiger charge is 2.07. The lowest BCUT2D eigenvalue weighted by Gasteiger charge is -2.13. The molecule has 0 fully saturated rings. The molecule has 0 spiro atoms. The summed E-state index contributed by atoms with van der Waals surface area (Å²) >= 11 is 3.53. The number of hydrogen-bond donors (Lipinski definition) is 1. The number of ether oxygens (including phenoxy) is 2. The zero-order valence-electron chi connectivity index (χ0n) is 12.4. The van der Waals surface area contributed by atoms with Crippen molar-refractivity contribution < 1.29 is 9.47 Å². The summed E-state index contributed by atoms with van der Waals surface area (Å²) in [4.78, 5) is 0. The molecule has 112 valence electrons. The lowest BCUT2D eigenvalue weighted by atomic mass is 10.2. The summed E-state index contributed by atoms with van der Waals surface area (Å²) in [5.41, 5.74) is 2.29. The average molecular weight is 350 g/mol. The number of hydrogen-bond acceptors (Lipinski definition) is 3. The quantitative estimate of drug-likeness (QED) is 0.814. The minimum Gasteiger partial charge on any atom is -0.493 e. The molecule has 0 atom stereocenters. The molecule has 0 heterocycles. The summed E-state index contributed by atoms with van der Waals surface area (Å²) in [5, 5.41) is 3.30. The molecule has 0 saturated heterocycles. The molecule has 0 radical (unpaired) electrons. The van der Waals surface area contributed by atoms with Gasteiger partial charge >= 0.3 is 0 Å². The summed E-state index contributed by atoms with van der Waals surface area (Å²) < 4.78 is 12.3. The Labute approximate surface area is 134 Å². The Kier molecular flexibility index (Phi) is 6.08. The van der Waals surface area contributed by atoms with Crippen LogP contribution in [0, 0.1) is 0 Å². The molecular formula is C17H20BrNO2. The smallest absolute Gasteiger partial charge is 0.161 e. The summed E-state index contributed by atoms with van der Waals surface area (Å²) in [6, 6.07) is 14.1. The summed E-state index contributed by atoms with van der Waals surface area (Å²) in [7, 11) is 1.66. The molecule has 2 aromatic carbocycles. The van der Waals surface area contributed by atoms with Crippen molar-refractivity contribution in [2.75, 3.05) is 13.7 Å². The van der Waals surface area contributed by atoms with E-state index in [0.717, 1.165) is 34.6 Å². The fraction of sp³-hybridized carbons (Fsp3) is 0.294. The first kappa shape index (κ1) is 15.9. The van der Waals surface area contributed by atoms with Crippen LogP contribution in [0.4, 0.5) is 0 Å². The van der Waals surface area contributed by atoms with Gasteiger partial charge in [0.25, 0.3) is 0 Å². The van der Waals surface area contributed by atoms with Crippen LogP contribution < -0.4 is 14.8 Å². The highest BCUT2D eigenvalue weighted by molar-refractivity contribution is 9.10. The van der Waals surface area contributed by atoms with E-state index < -0.39 is 0 Å². The molecule has 0 aliphatic carbocycles. The SMILES string of the molecule is CCNCc1ccc(OCc2ccccc2Br)c(OC)c1. The van der Waals surface area contributed by atoms with Gasteiger partial charge in [-0.15, -0.1) is 0 Å². The first-order valence-electron chi connectivity index (χ1n) is 6.98. The molecule has 0 unspecified atom stereocenters. The number of methoxy groups -OCH3 is 1. The maximum absolute atomic E-state index is 5.88. The third kappa shape index (κ3) is 4.48. The first-order valence-corrected chi connectivity index (χ1v) is 7.77. The summed E-state index contributed by atoms with van der Waals surface area (Å²) in [5.74, 6) is 1.52. The van der Waals surface area contributed by atoms with E-state index in [4.69, 9.17) is 9.47 Å². The van der Waals surface area contributed by atoms with Gasteiger partial charge in [-0.25, -0.2) is 0 Å². The van der Waals surface area contributed by atoms with Crippen molar-refractivity contribution in [2.24, 2.45) is 0 Å². The second kappa shape index (κ2) is 8.05. The van der Waals surface area contributed by atoms with Gasteiger partial charge in [-0.2, -0.15) is 0 Å². The molecule has 21 heavy (non-hydrogen) atoms. The third-order valence-corrected chi connectivity index (χ3v) is 3.92. The van der Waals surface area contributed by atoms with Crippen LogP contribution in [-0.2, 0) is 13.2 Å². The Morgan fingerprint density at radius 3 is 2.62 bits per heavy atom. The van der Waals surface area contributed by atoms with Crippen LogP contribution in [-0.4, -0.2) is 13.7 Å². The monoisotopic (exact) mass is 349 g/mol. The maximum atomic E-state index is 5.88. The summed E-state index contributed by atoms with van der Waals surface area (Å²) in [6.07, 6.45) is 0. The van der Waals surface area contributed by atoms with E-state index in [2.05, 4.69) is 34.2 Å². The lowest BCUT2D eigenvalue weighted by molar-refractivity contribution is 0.283. The number of rotatable bonds is 7. The largest absolute Gasteiger partial charge is 0.493 e. The number of halogens is 1. The highest BCUT2D eigenvalue weighted by atomic mass is 79.9. The zero-order chi connectivity index (χ0) is 15.1. The van der Waals surface area contributed by atoms with Crippen LogP contribution in [0.15, 0.2) is 46.9 Å². The van der Waals surface area contributed by atoms with E-state index in [-0.39, 0.29) is 0 Å². The van der Waals surface area contributed by atoms with Crippen LogP contribution in [0.1, 0.15) is 18.1 Å². The van der Waals surface area contributed by atoms with Gasteiger partial charge in [-0.3, -0.25) is 0 Å². The van der Waals surface area contributed by atoms with E-state index >= 15 is 0 Å². The van der Waals surface area contributed by atoms with Crippen molar-refractivity contribution in [3.63, 3.8) is 0 Å². The van der Waals surface area contributed by atoms with E-state index in [1.807, 2.05) is 36.4 Å². The first-order chi connectivity index (χ1) is 10.2. The third-order valence-electron chi connectivity index (χ3n) is 3.15. The van der Waals surface area contributed by atoms with Gasteiger partial charge in [0.2, 0.25) is 0 Å². The van der Waals surface area contributed by atoms with Crippen LogP contribution in [0.25, 0.3) is 0 Å². The van der Waals surface area contributed by atoms with E-state index in [1.165, 1.54) is 5.56 Å². The standard InChI is InChI=1S/C17H20BrNO2/c1-3-19-11-13-8-9-16(17(10-13)20-2)21-12-14-6-4-5-7-15(14)18/h4-10,19H,3,11-12H2,1-2H3. The normalized spacial score (nSPS) is 10.4. The molecule has 0 aromatic heterocycles. The lowest BCUT2D eigenvalue weighted by Crippen LogP contribution is -2.11. The molecule has 2 rings (SSSR count). The van der Waals surface area contributed by atoms with E-state index in [1.54, 1.807) is 7.11 Å². The van der Waals surface area contributed by atoms with Crippen molar-refractivity contribution in [1.82, 2.24) is 5.32 Å². The van der Waals surface area contributed by atoms with Gasteiger partial charge in [0.1, 0.15) is 6.61 Å². The molecule has 0 bridgehead atoms. The minimum atomic E-state index is 0.504. The van der Waals surface area contributed by atoms with Crippen LogP contribution >= 0.6 is 15.9 Å². The Bertz CT molecular complexity index is 587. The van der Waals surface area contributed by atoms with Crippen molar-refractivity contribution in [2.45, 2.75) is 20.1 Å². The molecule has 1 N–H and O–H groups in total. The van der Waals surface area contributed by atoms with Crippen molar-refractivity contribution in [3.05, 3.63) is 58.1 Å². The fourth-order valence-corrected chi connectivity index (χ4v) is 2.38. The van der Waals surface area contributed by atoms with Crippen molar-refractivity contribution in [1.29, 1.82) is 0 Å². The van der Waals surface area contributed by atoms with Gasteiger partial charge in [0, 0.05) is 16.6 Å². The predicted molar refractivity (Wildman–Crippen MR) is 88.8 cm³/mol. The molecule has 0 saturated carbocycles. The van der Waals surface area contributed by atoms with Gasteiger partial charge < -0.3 is 14.8 Å². The van der Waals surface area contributed by atoms with Crippen molar-refractivity contribution in [3.8, 4) is 11.5 Å². The van der Waals surface area contributed by atoms with Gasteiger partial charge in [0.15, 0.2) is 11.5 Å². The molecule has 0 amide bonds. The molecule has 0 aliphatic rings. The molecular weight excluding hydrogens is 330 g/mol. The van der Waals surface area contributed by atoms with Gasteiger partial charge in [-0.05, 0) is 30.3 Å². The fourth-order valence-electron chi connectivity index (χ4n) is 1.98. The second-order valence-electron chi connectivity index (χ2n) is 4.65. The van der Waals surface area contributed by atoms with E-state index in [9.17, 15) is 0 Å². The van der Waals surface area contributed by atoms with Crippen LogP contribution in [0.2, 0.25) is 0 Å². The summed E-state index contributed by atoms with van der Waals surface area (Å²) in [6.45, 7) is 4.37. The Balaban J connectivity index is 2.07. The highest BCUT2D eigenvalue weighted by Crippen LogP contribution is 2.29. The average Bonchev–Trinajstić information content (AvgIpc) is 2.52. The minimum absolute atomic E-state index is 0.504. The maximum Gasteiger partial charge on any atom is 0.161 e. The topological polar surface area (TPSA) is 30.5 Å². The number of benzene rings is 2. The van der Waals surface area contributed by atoms with Crippen LogP contribution in [0.5, 0.6) is 11.5 Å². The Morgan fingerprint density at radius 2 is 1.90 bits per heavy atom. The number of nitrogens with one attached hydrogen (secondary N) is 1. The Morgan fingerprint density at radius 1 is 1.10 bits per heavy atom. The molecule has 0 aliphatic heterocycles. The second-order valence-corrected chi connectivity index (χ2v) is 5.50. The van der Waals surface area contributed by atoms with Crippen molar-refractivity contribution >= 4 is 15.9 Å². The molecule has 2 aromatic rings. The van der Waals surface area contributed by atoms with E-state index in [0.29, 0.717) is 6.61 Å². The van der Waals surface area contributed by atoms with Crippen LogP contribution in [0.3, 0.4) is 0 Å². The molecule has 3 nitrogen and oxygen atoms in total. The van der Waals surface area contributed by atoms with Gasteiger partial charge in [-0.1, -0.05) is 47.1 Å². The molecule has 4 heteroatoms. The predicted octanol–water partition coefficient (Wildman–Crippen LogP) is 4.15. The van der Waals surface area contributed by atoms with Gasteiger partial charge in [0.05, 0.1) is 7.11 Å². The zero-order valence-corrected chi connectivity index (χ0v) is 13.9. The Hall–Kier alpha value is -1.52.